The molecule has 150 valence electrons. The van der Waals surface area contributed by atoms with Crippen molar-refractivity contribution in [2.45, 2.75) is 20.0 Å². The molecule has 0 bridgehead atoms. The van der Waals surface area contributed by atoms with Gasteiger partial charge in [0.1, 0.15) is 11.5 Å². The molecule has 6 heteroatoms. The van der Waals surface area contributed by atoms with Gasteiger partial charge in [-0.1, -0.05) is 18.2 Å². The van der Waals surface area contributed by atoms with Crippen LogP contribution >= 0.6 is 12.2 Å². The third kappa shape index (κ3) is 5.68. The van der Waals surface area contributed by atoms with Crippen molar-refractivity contribution in [3.8, 4) is 11.5 Å². The van der Waals surface area contributed by atoms with Crippen molar-refractivity contribution >= 4 is 23.0 Å². The number of aromatic nitrogens is 1. The van der Waals surface area contributed by atoms with Crippen LogP contribution in [0, 0.1) is 6.92 Å². The molecule has 3 aromatic rings. The molecule has 29 heavy (non-hydrogen) atoms. The average Bonchev–Trinajstić information content (AvgIpc) is 2.74. The second-order valence-corrected chi connectivity index (χ2v) is 7.08. The standard InChI is InChI=1S/C23H25N3O2S/c1-17-4-9-22(28-3)21(14-17)25-23(29)26(16-19-10-12-24-13-11-19)15-18-5-7-20(27-2)8-6-18/h4-14H,15-16H2,1-3H3,(H,25,29). The minimum atomic E-state index is 0.626. The summed E-state index contributed by atoms with van der Waals surface area (Å²) < 4.78 is 10.7. The molecule has 0 saturated heterocycles. The van der Waals surface area contributed by atoms with Gasteiger partial charge in [-0.25, -0.2) is 0 Å². The fraction of sp³-hybridized carbons (Fsp3) is 0.217. The minimum absolute atomic E-state index is 0.626. The zero-order valence-electron chi connectivity index (χ0n) is 16.9. The number of benzene rings is 2. The van der Waals surface area contributed by atoms with Crippen molar-refractivity contribution in [1.29, 1.82) is 0 Å². The summed E-state index contributed by atoms with van der Waals surface area (Å²) >= 11 is 5.77. The van der Waals surface area contributed by atoms with Crippen LogP contribution in [0.2, 0.25) is 0 Å². The molecule has 0 aliphatic heterocycles. The molecule has 0 aliphatic rings. The Balaban J connectivity index is 1.83. The van der Waals surface area contributed by atoms with Gasteiger partial charge in [0.25, 0.3) is 0 Å². The van der Waals surface area contributed by atoms with E-state index in [1.54, 1.807) is 26.6 Å². The van der Waals surface area contributed by atoms with E-state index in [1.165, 1.54) is 0 Å². The summed E-state index contributed by atoms with van der Waals surface area (Å²) in [5.74, 6) is 1.59. The Morgan fingerprint density at radius 1 is 0.931 bits per heavy atom. The van der Waals surface area contributed by atoms with Gasteiger partial charge in [-0.3, -0.25) is 4.98 Å². The second-order valence-electron chi connectivity index (χ2n) is 6.69. The number of aryl methyl sites for hydroxylation is 1. The van der Waals surface area contributed by atoms with Crippen molar-refractivity contribution in [1.82, 2.24) is 9.88 Å². The molecule has 0 radical (unpaired) electrons. The van der Waals surface area contributed by atoms with Gasteiger partial charge in [-0.15, -0.1) is 0 Å². The summed E-state index contributed by atoms with van der Waals surface area (Å²) in [5.41, 5.74) is 4.26. The van der Waals surface area contributed by atoms with Crippen LogP contribution in [0.4, 0.5) is 5.69 Å². The van der Waals surface area contributed by atoms with Gasteiger partial charge < -0.3 is 19.7 Å². The summed E-state index contributed by atoms with van der Waals surface area (Å²) in [7, 11) is 3.32. The molecule has 1 aromatic heterocycles. The van der Waals surface area contributed by atoms with E-state index < -0.39 is 0 Å². The first-order valence-corrected chi connectivity index (χ1v) is 9.72. The topological polar surface area (TPSA) is 46.6 Å². The van der Waals surface area contributed by atoms with Crippen LogP contribution in [-0.2, 0) is 13.1 Å². The molecule has 5 nitrogen and oxygen atoms in total. The van der Waals surface area contributed by atoms with E-state index in [-0.39, 0.29) is 0 Å². The smallest absolute Gasteiger partial charge is 0.174 e. The molecular formula is C23H25N3O2S. The van der Waals surface area contributed by atoms with Crippen molar-refractivity contribution < 1.29 is 9.47 Å². The van der Waals surface area contributed by atoms with E-state index in [1.807, 2.05) is 61.5 Å². The maximum Gasteiger partial charge on any atom is 0.174 e. The van der Waals surface area contributed by atoms with Crippen LogP contribution in [0.1, 0.15) is 16.7 Å². The van der Waals surface area contributed by atoms with Crippen LogP contribution in [0.3, 0.4) is 0 Å². The average molecular weight is 408 g/mol. The summed E-state index contributed by atoms with van der Waals surface area (Å²) in [6.07, 6.45) is 3.59. The molecule has 0 spiro atoms. The molecule has 0 saturated carbocycles. The number of thiocarbonyl (C=S) groups is 1. The van der Waals surface area contributed by atoms with E-state index in [2.05, 4.69) is 15.2 Å². The lowest BCUT2D eigenvalue weighted by atomic mass is 10.2. The number of pyridine rings is 1. The van der Waals surface area contributed by atoms with Crippen molar-refractivity contribution in [2.75, 3.05) is 19.5 Å². The molecule has 0 atom stereocenters. The number of hydrogen-bond donors (Lipinski definition) is 1. The molecule has 3 rings (SSSR count). The highest BCUT2D eigenvalue weighted by molar-refractivity contribution is 7.80. The minimum Gasteiger partial charge on any atom is -0.497 e. The van der Waals surface area contributed by atoms with Crippen molar-refractivity contribution in [2.24, 2.45) is 0 Å². The third-order valence-electron chi connectivity index (χ3n) is 4.54. The highest BCUT2D eigenvalue weighted by Crippen LogP contribution is 2.26. The van der Waals surface area contributed by atoms with E-state index >= 15 is 0 Å². The molecule has 0 aliphatic carbocycles. The van der Waals surface area contributed by atoms with Crippen molar-refractivity contribution in [3.05, 3.63) is 83.7 Å². The zero-order valence-corrected chi connectivity index (χ0v) is 17.7. The summed E-state index contributed by atoms with van der Waals surface area (Å²) in [5, 5.41) is 3.98. The molecule has 1 N–H and O–H groups in total. The Morgan fingerprint density at radius 3 is 2.21 bits per heavy atom. The normalized spacial score (nSPS) is 10.3. The van der Waals surface area contributed by atoms with E-state index in [0.29, 0.717) is 18.2 Å². The third-order valence-corrected chi connectivity index (χ3v) is 4.90. The Hall–Kier alpha value is -3.12. The van der Waals surface area contributed by atoms with Crippen LogP contribution < -0.4 is 14.8 Å². The first kappa shape index (κ1) is 20.6. The van der Waals surface area contributed by atoms with Crippen LogP contribution in [0.15, 0.2) is 67.0 Å². The van der Waals surface area contributed by atoms with E-state index in [9.17, 15) is 0 Å². The van der Waals surface area contributed by atoms with Gasteiger partial charge in [0.2, 0.25) is 0 Å². The fourth-order valence-corrected chi connectivity index (χ4v) is 3.21. The number of hydrogen-bond acceptors (Lipinski definition) is 4. The van der Waals surface area contributed by atoms with Gasteiger partial charge >= 0.3 is 0 Å². The maximum atomic E-state index is 5.77. The highest BCUT2D eigenvalue weighted by Gasteiger charge is 2.14. The summed E-state index contributed by atoms with van der Waals surface area (Å²) in [6.45, 7) is 3.36. The molecular weight excluding hydrogens is 382 g/mol. The Bertz CT molecular complexity index is 946. The predicted octanol–water partition coefficient (Wildman–Crippen LogP) is 4.81. The molecule has 2 aromatic carbocycles. The van der Waals surface area contributed by atoms with Crippen molar-refractivity contribution in [3.63, 3.8) is 0 Å². The number of methoxy groups -OCH3 is 2. The zero-order chi connectivity index (χ0) is 20.6. The van der Waals surface area contributed by atoms with Crippen LogP contribution in [-0.4, -0.2) is 29.2 Å². The largest absolute Gasteiger partial charge is 0.497 e. The number of ether oxygens (including phenoxy) is 2. The van der Waals surface area contributed by atoms with E-state index in [4.69, 9.17) is 21.7 Å². The predicted molar refractivity (Wildman–Crippen MR) is 120 cm³/mol. The number of nitrogens with one attached hydrogen (secondary N) is 1. The lowest BCUT2D eigenvalue weighted by Crippen LogP contribution is -2.34. The summed E-state index contributed by atoms with van der Waals surface area (Å²) in [6, 6.07) is 18.0. The Kier molecular flexibility index (Phi) is 7.03. The van der Waals surface area contributed by atoms with Gasteiger partial charge in [-0.05, 0) is 72.2 Å². The first-order chi connectivity index (χ1) is 14.1. The quantitative estimate of drug-likeness (QED) is 0.568. The number of rotatable bonds is 7. The Labute approximate surface area is 177 Å². The highest BCUT2D eigenvalue weighted by atomic mass is 32.1. The molecule has 0 fully saturated rings. The van der Waals surface area contributed by atoms with Crippen LogP contribution in [0.5, 0.6) is 11.5 Å². The SMILES string of the molecule is COc1ccc(CN(Cc2ccncc2)C(=S)Nc2cc(C)ccc2OC)cc1. The lowest BCUT2D eigenvalue weighted by Gasteiger charge is -2.27. The van der Waals surface area contributed by atoms with E-state index in [0.717, 1.165) is 33.9 Å². The van der Waals surface area contributed by atoms with Gasteiger partial charge in [0.15, 0.2) is 5.11 Å². The summed E-state index contributed by atoms with van der Waals surface area (Å²) in [4.78, 5) is 6.22. The number of nitrogens with zero attached hydrogens (tertiary/aromatic N) is 2. The fourth-order valence-electron chi connectivity index (χ4n) is 2.97. The van der Waals surface area contributed by atoms with Crippen LogP contribution in [0.25, 0.3) is 0 Å². The molecule has 0 unspecified atom stereocenters. The maximum absolute atomic E-state index is 5.77. The molecule has 1 heterocycles. The van der Waals surface area contributed by atoms with Gasteiger partial charge in [-0.2, -0.15) is 0 Å². The second kappa shape index (κ2) is 9.89. The van der Waals surface area contributed by atoms with Gasteiger partial charge in [0, 0.05) is 25.5 Å². The lowest BCUT2D eigenvalue weighted by molar-refractivity contribution is 0.405. The first-order valence-electron chi connectivity index (χ1n) is 9.31. The number of anilines is 1. The van der Waals surface area contributed by atoms with Gasteiger partial charge in [0.05, 0.1) is 19.9 Å². The monoisotopic (exact) mass is 407 g/mol. The Morgan fingerprint density at radius 2 is 1.59 bits per heavy atom. The molecule has 0 amide bonds.